The normalized spacial score (nSPS) is 18.2. The summed E-state index contributed by atoms with van der Waals surface area (Å²) in [5, 5.41) is 44.2. The summed E-state index contributed by atoms with van der Waals surface area (Å²) in [6.45, 7) is -0.847. The van der Waals surface area contributed by atoms with Crippen LogP contribution >= 0.6 is 0 Å². The number of aldehydes is 1. The summed E-state index contributed by atoms with van der Waals surface area (Å²) in [5.41, 5.74) is 0. The third-order valence-corrected chi connectivity index (χ3v) is 1.66. The first-order chi connectivity index (χ1) is 6.45. The van der Waals surface area contributed by atoms with Crippen molar-refractivity contribution in [1.82, 2.24) is 0 Å². The molecule has 0 spiro atoms. The zero-order valence-corrected chi connectivity index (χ0v) is 7.15. The molecule has 0 radical (unpaired) electrons. The van der Waals surface area contributed by atoms with E-state index in [-0.39, 0.29) is 35.8 Å². The van der Waals surface area contributed by atoms with Gasteiger partial charge < -0.3 is 25.5 Å². The summed E-state index contributed by atoms with van der Waals surface area (Å²) in [6, 6.07) is 0. The van der Waals surface area contributed by atoms with Gasteiger partial charge in [-0.25, -0.2) is 0 Å². The predicted molar refractivity (Wildman–Crippen MR) is 49.3 cm³/mol. The Bertz CT molecular complexity index is 210. The molecule has 5 N–H and O–H groups in total. The molecule has 15 heavy (non-hydrogen) atoms. The SMILES string of the molecule is O=CC(=O)[C@H](O)[C@@H](O)[C@H](O)[C@H](O)CO.[NaH]. The molecule has 0 fully saturated rings. The number of carbonyl (C=O) groups is 2. The van der Waals surface area contributed by atoms with E-state index in [1.807, 2.05) is 0 Å². The van der Waals surface area contributed by atoms with E-state index in [0.717, 1.165) is 0 Å². The van der Waals surface area contributed by atoms with Gasteiger partial charge in [0.2, 0.25) is 5.78 Å². The van der Waals surface area contributed by atoms with E-state index in [0.29, 0.717) is 0 Å². The quantitative estimate of drug-likeness (QED) is 0.177. The fourth-order valence-electron chi connectivity index (χ4n) is 0.760. The van der Waals surface area contributed by atoms with Crippen molar-refractivity contribution in [2.45, 2.75) is 24.4 Å². The van der Waals surface area contributed by atoms with Crippen LogP contribution in [0.15, 0.2) is 0 Å². The molecular formula is C7H13NaO7. The molecule has 0 aliphatic carbocycles. The number of hydrogen-bond donors (Lipinski definition) is 5. The van der Waals surface area contributed by atoms with Crippen LogP contribution in [0.2, 0.25) is 0 Å². The molecule has 0 aromatic rings. The second-order valence-corrected chi connectivity index (χ2v) is 2.70. The van der Waals surface area contributed by atoms with Crippen molar-refractivity contribution in [2.75, 3.05) is 6.61 Å². The molecule has 84 valence electrons. The summed E-state index contributed by atoms with van der Waals surface area (Å²) in [7, 11) is 0. The van der Waals surface area contributed by atoms with Gasteiger partial charge in [0.25, 0.3) is 0 Å². The zero-order chi connectivity index (χ0) is 11.3. The van der Waals surface area contributed by atoms with Gasteiger partial charge in [-0.1, -0.05) is 0 Å². The van der Waals surface area contributed by atoms with Gasteiger partial charge in [-0.3, -0.25) is 9.59 Å². The molecule has 0 aromatic carbocycles. The van der Waals surface area contributed by atoms with E-state index < -0.39 is 36.8 Å². The second kappa shape index (κ2) is 8.31. The van der Waals surface area contributed by atoms with Crippen LogP contribution in [0.25, 0.3) is 0 Å². The van der Waals surface area contributed by atoms with Crippen LogP contribution in [-0.4, -0.2) is 98.2 Å². The Labute approximate surface area is 108 Å². The monoisotopic (exact) mass is 232 g/mol. The average Bonchev–Trinajstić information content (AvgIpc) is 2.23. The fourth-order valence-corrected chi connectivity index (χ4v) is 0.760. The standard InChI is InChI=1S/C7H12O7.Na.H/c8-1-3(10)5(12)7(14)6(13)4(11)2-9;;/h1,4-7,9,11-14H,2H2;;/t4-,5+,6-,7-;;/m1../s1. The molecule has 0 saturated carbocycles. The van der Waals surface area contributed by atoms with Crippen molar-refractivity contribution in [3.05, 3.63) is 0 Å². The Hall–Kier alpha value is 0.140. The molecule has 0 aliphatic heterocycles. The number of hydrogen-bond acceptors (Lipinski definition) is 7. The molecule has 0 saturated heterocycles. The first kappa shape index (κ1) is 17.5. The van der Waals surface area contributed by atoms with Gasteiger partial charge in [0.15, 0.2) is 6.29 Å². The molecule has 0 heterocycles. The van der Waals surface area contributed by atoms with Crippen molar-refractivity contribution in [3.63, 3.8) is 0 Å². The Morgan fingerprint density at radius 3 is 1.93 bits per heavy atom. The molecule has 0 bridgehead atoms. The number of ketones is 1. The van der Waals surface area contributed by atoms with Crippen molar-refractivity contribution in [2.24, 2.45) is 0 Å². The first-order valence-electron chi connectivity index (χ1n) is 3.77. The van der Waals surface area contributed by atoms with Gasteiger partial charge in [-0.2, -0.15) is 0 Å². The van der Waals surface area contributed by atoms with Gasteiger partial charge in [0.1, 0.15) is 24.4 Å². The van der Waals surface area contributed by atoms with Crippen LogP contribution in [0, 0.1) is 0 Å². The van der Waals surface area contributed by atoms with Crippen molar-refractivity contribution in [1.29, 1.82) is 0 Å². The minimum absolute atomic E-state index is 0. The van der Waals surface area contributed by atoms with Crippen LogP contribution in [0.1, 0.15) is 0 Å². The minimum atomic E-state index is -2.11. The van der Waals surface area contributed by atoms with E-state index >= 15 is 0 Å². The Morgan fingerprint density at radius 1 is 1.13 bits per heavy atom. The topological polar surface area (TPSA) is 135 Å². The number of Topliss-reactive ketones (excluding diaryl/α,β-unsaturated/α-hetero) is 1. The maximum atomic E-state index is 10.5. The van der Waals surface area contributed by atoms with E-state index in [1.165, 1.54) is 0 Å². The van der Waals surface area contributed by atoms with Gasteiger partial charge in [-0.05, 0) is 0 Å². The molecule has 0 amide bonds. The molecule has 4 atom stereocenters. The molecular weight excluding hydrogens is 219 g/mol. The van der Waals surface area contributed by atoms with E-state index in [1.54, 1.807) is 0 Å². The maximum absolute atomic E-state index is 10.5. The van der Waals surface area contributed by atoms with Crippen LogP contribution in [0.4, 0.5) is 0 Å². The Balaban J connectivity index is 0. The van der Waals surface area contributed by atoms with Gasteiger partial charge >= 0.3 is 29.6 Å². The van der Waals surface area contributed by atoms with Gasteiger partial charge in [0, 0.05) is 0 Å². The number of aliphatic hydroxyl groups excluding tert-OH is 5. The Kier molecular flexibility index (Phi) is 9.71. The summed E-state index contributed by atoms with van der Waals surface area (Å²) < 4.78 is 0. The third kappa shape index (κ3) is 5.14. The zero-order valence-electron chi connectivity index (χ0n) is 7.15. The predicted octanol–water partition coefficient (Wildman–Crippen LogP) is -4.46. The third-order valence-electron chi connectivity index (χ3n) is 1.66. The van der Waals surface area contributed by atoms with E-state index in [9.17, 15) is 9.59 Å². The second-order valence-electron chi connectivity index (χ2n) is 2.70. The van der Waals surface area contributed by atoms with Crippen LogP contribution < -0.4 is 0 Å². The molecule has 0 aliphatic rings. The van der Waals surface area contributed by atoms with Crippen molar-refractivity contribution >= 4 is 41.6 Å². The fraction of sp³-hybridized carbons (Fsp3) is 0.714. The van der Waals surface area contributed by atoms with E-state index in [2.05, 4.69) is 0 Å². The molecule has 0 unspecified atom stereocenters. The van der Waals surface area contributed by atoms with Gasteiger partial charge in [0.05, 0.1) is 6.61 Å². The molecule has 0 rings (SSSR count). The van der Waals surface area contributed by atoms with Crippen molar-refractivity contribution < 1.29 is 35.1 Å². The summed E-state index contributed by atoms with van der Waals surface area (Å²) in [5.74, 6) is -1.32. The molecule has 8 heteroatoms. The summed E-state index contributed by atoms with van der Waals surface area (Å²) in [6.07, 6.45) is -7.94. The number of carbonyl (C=O) groups excluding carboxylic acids is 2. The van der Waals surface area contributed by atoms with Crippen LogP contribution in [0.3, 0.4) is 0 Å². The van der Waals surface area contributed by atoms with Crippen LogP contribution in [0.5, 0.6) is 0 Å². The number of aliphatic hydroxyl groups is 5. The summed E-state index contributed by atoms with van der Waals surface area (Å²) >= 11 is 0. The molecule has 7 nitrogen and oxygen atoms in total. The molecule has 0 aromatic heterocycles. The average molecular weight is 232 g/mol. The Morgan fingerprint density at radius 2 is 1.60 bits per heavy atom. The van der Waals surface area contributed by atoms with Crippen molar-refractivity contribution in [3.8, 4) is 0 Å². The first-order valence-corrected chi connectivity index (χ1v) is 3.77. The van der Waals surface area contributed by atoms with Crippen LogP contribution in [-0.2, 0) is 9.59 Å². The van der Waals surface area contributed by atoms with Gasteiger partial charge in [-0.15, -0.1) is 0 Å². The number of rotatable bonds is 6. The van der Waals surface area contributed by atoms with E-state index in [4.69, 9.17) is 25.5 Å². The summed E-state index contributed by atoms with van der Waals surface area (Å²) in [4.78, 5) is 20.4.